The highest BCUT2D eigenvalue weighted by Crippen LogP contribution is 2.25. The topological polar surface area (TPSA) is 102 Å². The third-order valence-corrected chi connectivity index (χ3v) is 4.38. The Kier molecular flexibility index (Phi) is 4.80. The van der Waals surface area contributed by atoms with Gasteiger partial charge in [0.05, 0.1) is 11.0 Å². The van der Waals surface area contributed by atoms with Crippen LogP contribution in [0.3, 0.4) is 0 Å². The van der Waals surface area contributed by atoms with E-state index < -0.39 is 11.0 Å². The zero-order valence-corrected chi connectivity index (χ0v) is 13.9. The molecule has 8 nitrogen and oxygen atoms in total. The first-order chi connectivity index (χ1) is 12.0. The fraction of sp³-hybridized carbons (Fsp3) is 0.412. The lowest BCUT2D eigenvalue weighted by atomic mass is 10.1. The van der Waals surface area contributed by atoms with E-state index in [-0.39, 0.29) is 23.3 Å². The number of nitro benzene ring substituents is 1. The van der Waals surface area contributed by atoms with Crippen molar-refractivity contribution in [3.05, 3.63) is 52.3 Å². The molecule has 2 heterocycles. The number of aliphatic hydroxyl groups excluding tert-OH is 1. The van der Waals surface area contributed by atoms with Gasteiger partial charge in [0.2, 0.25) is 0 Å². The van der Waals surface area contributed by atoms with Gasteiger partial charge in [-0.1, -0.05) is 12.1 Å². The van der Waals surface area contributed by atoms with Crippen LogP contribution in [0.25, 0.3) is 5.69 Å². The number of para-hydroxylation sites is 2. The van der Waals surface area contributed by atoms with Crippen molar-refractivity contribution in [1.82, 2.24) is 14.7 Å². The number of nitrogens with zero attached hydrogens (tertiary/aromatic N) is 4. The van der Waals surface area contributed by atoms with Crippen LogP contribution in [-0.4, -0.2) is 49.3 Å². The van der Waals surface area contributed by atoms with Gasteiger partial charge < -0.3 is 10.0 Å². The van der Waals surface area contributed by atoms with Crippen molar-refractivity contribution in [2.45, 2.75) is 38.3 Å². The second-order valence-electron chi connectivity index (χ2n) is 6.27. The number of nitro groups is 1. The summed E-state index contributed by atoms with van der Waals surface area (Å²) in [6, 6.07) is 7.83. The van der Waals surface area contributed by atoms with Gasteiger partial charge in [-0.05, 0) is 38.3 Å². The van der Waals surface area contributed by atoms with Crippen LogP contribution < -0.4 is 0 Å². The molecule has 25 heavy (non-hydrogen) atoms. The zero-order valence-electron chi connectivity index (χ0n) is 13.9. The van der Waals surface area contributed by atoms with E-state index in [9.17, 15) is 20.0 Å². The molecule has 0 saturated carbocycles. The van der Waals surface area contributed by atoms with E-state index in [4.69, 9.17) is 0 Å². The van der Waals surface area contributed by atoms with E-state index in [1.54, 1.807) is 42.3 Å². The average molecular weight is 344 g/mol. The van der Waals surface area contributed by atoms with Crippen LogP contribution in [0.15, 0.2) is 36.5 Å². The number of carbonyl (C=O) groups excluding carboxylic acids is 1. The number of hydrogen-bond acceptors (Lipinski definition) is 5. The molecule has 0 bridgehead atoms. The van der Waals surface area contributed by atoms with Crippen molar-refractivity contribution in [3.8, 4) is 5.69 Å². The highest BCUT2D eigenvalue weighted by molar-refractivity contribution is 5.92. The van der Waals surface area contributed by atoms with E-state index in [1.165, 1.54) is 10.7 Å². The Bertz CT molecular complexity index is 786. The molecule has 1 amide bonds. The molecule has 8 heteroatoms. The summed E-state index contributed by atoms with van der Waals surface area (Å²) in [5.41, 5.74) is 0.488. The van der Waals surface area contributed by atoms with Gasteiger partial charge in [0, 0.05) is 24.8 Å². The van der Waals surface area contributed by atoms with Crippen molar-refractivity contribution >= 4 is 11.6 Å². The van der Waals surface area contributed by atoms with E-state index in [0.717, 1.165) is 12.8 Å². The third kappa shape index (κ3) is 3.53. The number of rotatable bonds is 5. The fourth-order valence-corrected chi connectivity index (χ4v) is 3.27. The number of carbonyl (C=O) groups is 1. The molecule has 0 aliphatic carbocycles. The summed E-state index contributed by atoms with van der Waals surface area (Å²) in [7, 11) is 0. The van der Waals surface area contributed by atoms with Crippen LogP contribution in [0.5, 0.6) is 0 Å². The summed E-state index contributed by atoms with van der Waals surface area (Å²) < 4.78 is 1.35. The largest absolute Gasteiger partial charge is 0.393 e. The molecule has 0 radical (unpaired) electrons. The number of likely N-dealkylation sites (tertiary alicyclic amines) is 1. The van der Waals surface area contributed by atoms with Crippen molar-refractivity contribution in [3.63, 3.8) is 0 Å². The Labute approximate surface area is 144 Å². The molecule has 132 valence electrons. The Morgan fingerprint density at radius 2 is 2.20 bits per heavy atom. The molecular weight excluding hydrogens is 324 g/mol. The highest BCUT2D eigenvalue weighted by atomic mass is 16.6. The molecule has 1 fully saturated rings. The first kappa shape index (κ1) is 17.1. The quantitative estimate of drug-likeness (QED) is 0.661. The minimum absolute atomic E-state index is 0.00344. The monoisotopic (exact) mass is 344 g/mol. The molecule has 3 rings (SSSR count). The predicted octanol–water partition coefficient (Wildman–Crippen LogP) is 2.16. The molecule has 2 unspecified atom stereocenters. The molecule has 1 aliphatic rings. The van der Waals surface area contributed by atoms with Crippen LogP contribution in [0, 0.1) is 10.1 Å². The van der Waals surface area contributed by atoms with Crippen LogP contribution >= 0.6 is 0 Å². The maximum Gasteiger partial charge on any atom is 0.294 e. The summed E-state index contributed by atoms with van der Waals surface area (Å²) in [4.78, 5) is 25.2. The van der Waals surface area contributed by atoms with Gasteiger partial charge in [0.15, 0.2) is 5.69 Å². The van der Waals surface area contributed by atoms with Crippen molar-refractivity contribution < 1.29 is 14.8 Å². The first-order valence-corrected chi connectivity index (χ1v) is 8.26. The second-order valence-corrected chi connectivity index (χ2v) is 6.27. The lowest BCUT2D eigenvalue weighted by Crippen LogP contribution is -2.37. The molecule has 0 spiro atoms. The first-order valence-electron chi connectivity index (χ1n) is 8.26. The molecule has 1 N–H and O–H groups in total. The summed E-state index contributed by atoms with van der Waals surface area (Å²) in [6.45, 7) is 2.35. The molecular formula is C17H20N4O4. The van der Waals surface area contributed by atoms with Crippen LogP contribution in [0.2, 0.25) is 0 Å². The molecule has 2 aromatic rings. The van der Waals surface area contributed by atoms with E-state index in [1.807, 2.05) is 0 Å². The maximum atomic E-state index is 12.7. The normalized spacial score (nSPS) is 18.3. The Morgan fingerprint density at radius 3 is 2.92 bits per heavy atom. The van der Waals surface area contributed by atoms with Crippen molar-refractivity contribution in [1.29, 1.82) is 0 Å². The van der Waals surface area contributed by atoms with Crippen LogP contribution in [0.1, 0.15) is 36.7 Å². The minimum Gasteiger partial charge on any atom is -0.393 e. The maximum absolute atomic E-state index is 12.7. The second kappa shape index (κ2) is 7.02. The van der Waals surface area contributed by atoms with Crippen LogP contribution in [-0.2, 0) is 0 Å². The Morgan fingerprint density at radius 1 is 1.44 bits per heavy atom. The molecule has 2 atom stereocenters. The lowest BCUT2D eigenvalue weighted by Gasteiger charge is -2.24. The number of benzene rings is 1. The number of aromatic nitrogens is 2. The number of aliphatic hydroxyl groups is 1. The van der Waals surface area contributed by atoms with Gasteiger partial charge in [-0.2, -0.15) is 5.10 Å². The Balaban J connectivity index is 1.84. The van der Waals surface area contributed by atoms with Gasteiger partial charge in [-0.25, -0.2) is 4.68 Å². The van der Waals surface area contributed by atoms with Gasteiger partial charge in [0.1, 0.15) is 5.69 Å². The molecule has 1 aromatic heterocycles. The number of amides is 1. The molecule has 1 saturated heterocycles. The molecule has 1 aliphatic heterocycles. The summed E-state index contributed by atoms with van der Waals surface area (Å²) in [6.07, 6.45) is 3.38. The minimum atomic E-state index is -0.475. The fourth-order valence-electron chi connectivity index (χ4n) is 3.27. The van der Waals surface area contributed by atoms with Crippen molar-refractivity contribution in [2.75, 3.05) is 6.54 Å². The van der Waals surface area contributed by atoms with Crippen LogP contribution in [0.4, 0.5) is 5.69 Å². The summed E-state index contributed by atoms with van der Waals surface area (Å²) >= 11 is 0. The number of hydrogen-bond donors (Lipinski definition) is 1. The average Bonchev–Trinajstić information content (AvgIpc) is 3.23. The summed E-state index contributed by atoms with van der Waals surface area (Å²) in [5, 5.41) is 25.0. The van der Waals surface area contributed by atoms with Gasteiger partial charge in [-0.3, -0.25) is 14.9 Å². The third-order valence-electron chi connectivity index (χ3n) is 4.38. The highest BCUT2D eigenvalue weighted by Gasteiger charge is 2.31. The van der Waals surface area contributed by atoms with Gasteiger partial charge >= 0.3 is 0 Å². The van der Waals surface area contributed by atoms with E-state index in [0.29, 0.717) is 18.7 Å². The molecule has 1 aromatic carbocycles. The zero-order chi connectivity index (χ0) is 18.0. The van der Waals surface area contributed by atoms with Crippen molar-refractivity contribution in [2.24, 2.45) is 0 Å². The predicted molar refractivity (Wildman–Crippen MR) is 90.6 cm³/mol. The van der Waals surface area contributed by atoms with Gasteiger partial charge in [0.25, 0.3) is 11.6 Å². The SMILES string of the molecule is CC(O)CC1CCCN1C(=O)c1ccn(-c2ccccc2[N+](=O)[O-])n1. The van der Waals surface area contributed by atoms with Gasteiger partial charge in [-0.15, -0.1) is 0 Å². The standard InChI is InChI=1S/C17H20N4O4/c1-12(22)11-13-5-4-9-19(13)17(23)14-8-10-20(18-14)15-6-2-3-7-16(15)21(24)25/h2-3,6-8,10,12-13,22H,4-5,9,11H2,1H3. The van der Waals surface area contributed by atoms with E-state index >= 15 is 0 Å². The van der Waals surface area contributed by atoms with E-state index in [2.05, 4.69) is 5.10 Å². The Hall–Kier alpha value is -2.74. The summed E-state index contributed by atoms with van der Waals surface area (Å²) in [5.74, 6) is -0.208. The smallest absolute Gasteiger partial charge is 0.294 e. The lowest BCUT2D eigenvalue weighted by molar-refractivity contribution is -0.384.